The molecule has 0 spiro atoms. The van der Waals surface area contributed by atoms with Gasteiger partial charge in [0.25, 0.3) is 5.91 Å². The zero-order chi connectivity index (χ0) is 23.8. The van der Waals surface area contributed by atoms with Crippen molar-refractivity contribution in [2.45, 2.75) is 6.92 Å². The fourth-order valence-electron chi connectivity index (χ4n) is 3.05. The van der Waals surface area contributed by atoms with Gasteiger partial charge in [-0.2, -0.15) is 4.98 Å². The topological polar surface area (TPSA) is 101 Å². The number of anilines is 1. The third-order valence-corrected chi connectivity index (χ3v) is 4.92. The van der Waals surface area contributed by atoms with E-state index in [9.17, 15) is 4.79 Å². The van der Waals surface area contributed by atoms with Gasteiger partial charge < -0.3 is 10.1 Å². The van der Waals surface area contributed by atoms with Gasteiger partial charge in [0.15, 0.2) is 11.7 Å². The fraction of sp³-hybridized carbons (Fsp3) is 0.0800. The number of nitrogens with one attached hydrogen (secondary N) is 3. The van der Waals surface area contributed by atoms with Gasteiger partial charge in [-0.25, -0.2) is 0 Å². The highest BCUT2D eigenvalue weighted by Gasteiger charge is 2.15. The Morgan fingerprint density at radius 3 is 2.09 bits per heavy atom. The van der Waals surface area contributed by atoms with Crippen LogP contribution in [-0.4, -0.2) is 32.8 Å². The van der Waals surface area contributed by atoms with Crippen LogP contribution in [0, 0.1) is 6.92 Å². The lowest BCUT2D eigenvalue weighted by atomic mass is 10.0. The van der Waals surface area contributed by atoms with E-state index in [1.807, 2.05) is 91.9 Å². The lowest BCUT2D eigenvalue weighted by molar-refractivity contribution is -0.123. The normalized spacial score (nSPS) is 10.3. The maximum atomic E-state index is 12.2. The third kappa shape index (κ3) is 6.11. The molecule has 0 aliphatic rings. The van der Waals surface area contributed by atoms with Crippen LogP contribution in [0.25, 0.3) is 22.5 Å². The van der Waals surface area contributed by atoms with E-state index in [0.717, 1.165) is 22.4 Å². The Morgan fingerprint density at radius 1 is 0.824 bits per heavy atom. The van der Waals surface area contributed by atoms with E-state index in [1.165, 1.54) is 0 Å². The summed E-state index contributed by atoms with van der Waals surface area (Å²) >= 11 is 5.18. The molecule has 0 saturated heterocycles. The van der Waals surface area contributed by atoms with Gasteiger partial charge in [-0.15, -0.1) is 5.10 Å². The molecular weight excluding hydrogens is 448 g/mol. The van der Waals surface area contributed by atoms with Crippen LogP contribution < -0.4 is 20.9 Å². The Bertz CT molecular complexity index is 1270. The molecule has 170 valence electrons. The van der Waals surface area contributed by atoms with Crippen molar-refractivity contribution in [1.82, 2.24) is 26.0 Å². The molecule has 0 fully saturated rings. The van der Waals surface area contributed by atoms with E-state index in [4.69, 9.17) is 17.0 Å². The standard InChI is InChI=1S/C25H22N6O2S/c1-17-12-14-20(15-13-17)26-25(34)31-28-21(32)16-33-24-27-22(18-8-4-2-5-9-18)23(29-30-24)19-10-6-3-7-11-19/h2-15H,16H2,1H3,(H,28,32)(H2,26,31,34). The van der Waals surface area contributed by atoms with E-state index >= 15 is 0 Å². The minimum Gasteiger partial charge on any atom is -0.452 e. The van der Waals surface area contributed by atoms with E-state index in [1.54, 1.807) is 0 Å². The number of carbonyl (C=O) groups excluding carboxylic acids is 1. The Balaban J connectivity index is 1.38. The molecule has 3 N–H and O–H groups in total. The molecule has 1 heterocycles. The van der Waals surface area contributed by atoms with Crippen LogP contribution in [0.2, 0.25) is 0 Å². The van der Waals surface area contributed by atoms with Crippen molar-refractivity contribution in [3.05, 3.63) is 90.5 Å². The van der Waals surface area contributed by atoms with Crippen molar-refractivity contribution >= 4 is 28.9 Å². The average Bonchev–Trinajstić information content (AvgIpc) is 2.88. The lowest BCUT2D eigenvalue weighted by Gasteiger charge is -2.12. The van der Waals surface area contributed by atoms with E-state index in [2.05, 4.69) is 31.3 Å². The summed E-state index contributed by atoms with van der Waals surface area (Å²) in [6.07, 6.45) is 0. The molecule has 0 saturated carbocycles. The molecule has 0 aliphatic heterocycles. The third-order valence-electron chi connectivity index (χ3n) is 4.72. The zero-order valence-corrected chi connectivity index (χ0v) is 19.2. The Kier molecular flexibility index (Phi) is 7.36. The molecule has 1 amide bonds. The molecule has 4 rings (SSSR count). The zero-order valence-electron chi connectivity index (χ0n) is 18.4. The van der Waals surface area contributed by atoms with Crippen LogP contribution >= 0.6 is 12.2 Å². The molecule has 3 aromatic carbocycles. The molecule has 0 unspecified atom stereocenters. The second kappa shape index (κ2) is 11.0. The van der Waals surface area contributed by atoms with Crippen molar-refractivity contribution < 1.29 is 9.53 Å². The first-order valence-electron chi connectivity index (χ1n) is 10.5. The summed E-state index contributed by atoms with van der Waals surface area (Å²) in [5.41, 5.74) is 10.0. The summed E-state index contributed by atoms with van der Waals surface area (Å²) in [5.74, 6) is -0.454. The first-order valence-corrected chi connectivity index (χ1v) is 10.9. The molecule has 0 aliphatic carbocycles. The molecule has 9 heteroatoms. The van der Waals surface area contributed by atoms with Gasteiger partial charge in [-0.3, -0.25) is 15.6 Å². The fourth-order valence-corrected chi connectivity index (χ4v) is 3.22. The molecule has 0 bridgehead atoms. The number of ether oxygens (including phenoxy) is 1. The van der Waals surface area contributed by atoms with Crippen molar-refractivity contribution in [1.29, 1.82) is 0 Å². The number of amides is 1. The van der Waals surface area contributed by atoms with E-state index < -0.39 is 5.91 Å². The SMILES string of the molecule is Cc1ccc(NC(=S)NNC(=O)COc2nnc(-c3ccccc3)c(-c3ccccc3)n2)cc1. The Morgan fingerprint density at radius 2 is 1.44 bits per heavy atom. The number of aryl methyl sites for hydroxylation is 1. The van der Waals surface area contributed by atoms with Gasteiger partial charge >= 0.3 is 6.01 Å². The number of carbonyl (C=O) groups is 1. The second-order valence-electron chi connectivity index (χ2n) is 7.31. The highest BCUT2D eigenvalue weighted by atomic mass is 32.1. The number of benzene rings is 3. The van der Waals surface area contributed by atoms with Crippen molar-refractivity contribution in [3.63, 3.8) is 0 Å². The van der Waals surface area contributed by atoms with Crippen LogP contribution in [0.15, 0.2) is 84.9 Å². The molecule has 34 heavy (non-hydrogen) atoms. The van der Waals surface area contributed by atoms with Crippen LogP contribution in [0.3, 0.4) is 0 Å². The van der Waals surface area contributed by atoms with E-state index in [-0.39, 0.29) is 17.7 Å². The molecule has 8 nitrogen and oxygen atoms in total. The summed E-state index contributed by atoms with van der Waals surface area (Å²) in [6.45, 7) is 1.68. The number of hydrogen-bond donors (Lipinski definition) is 3. The van der Waals surface area contributed by atoms with Crippen LogP contribution in [0.1, 0.15) is 5.56 Å². The predicted octanol–water partition coefficient (Wildman–Crippen LogP) is 3.91. The maximum absolute atomic E-state index is 12.2. The van der Waals surface area contributed by atoms with Crippen LogP contribution in [0.5, 0.6) is 6.01 Å². The van der Waals surface area contributed by atoms with Gasteiger partial charge in [-0.05, 0) is 31.3 Å². The highest BCUT2D eigenvalue weighted by Crippen LogP contribution is 2.29. The van der Waals surface area contributed by atoms with Gasteiger partial charge in [0, 0.05) is 16.8 Å². The second-order valence-corrected chi connectivity index (χ2v) is 7.71. The number of rotatable bonds is 6. The Labute approximate surface area is 202 Å². The summed E-state index contributed by atoms with van der Waals surface area (Å²) in [5, 5.41) is 11.6. The van der Waals surface area contributed by atoms with Gasteiger partial charge in [0.1, 0.15) is 11.4 Å². The maximum Gasteiger partial charge on any atom is 0.336 e. The molecule has 0 atom stereocenters. The highest BCUT2D eigenvalue weighted by molar-refractivity contribution is 7.80. The first-order chi connectivity index (χ1) is 16.6. The number of hydrogen-bond acceptors (Lipinski definition) is 6. The smallest absolute Gasteiger partial charge is 0.336 e. The quantitative estimate of drug-likeness (QED) is 0.288. The minimum absolute atomic E-state index is 0.00552. The van der Waals surface area contributed by atoms with Crippen LogP contribution in [-0.2, 0) is 4.79 Å². The minimum atomic E-state index is -0.454. The summed E-state index contributed by atoms with van der Waals surface area (Å²) in [7, 11) is 0. The molecule has 1 aromatic heterocycles. The van der Waals surface area contributed by atoms with Gasteiger partial charge in [-0.1, -0.05) is 83.5 Å². The first kappa shape index (κ1) is 22.8. The summed E-state index contributed by atoms with van der Waals surface area (Å²) < 4.78 is 5.48. The molecular formula is C25H22N6O2S. The average molecular weight is 471 g/mol. The predicted molar refractivity (Wildman–Crippen MR) is 135 cm³/mol. The number of nitrogens with zero attached hydrogens (tertiary/aromatic N) is 3. The lowest BCUT2D eigenvalue weighted by Crippen LogP contribution is -2.45. The molecule has 0 radical (unpaired) electrons. The van der Waals surface area contributed by atoms with Crippen LogP contribution in [0.4, 0.5) is 5.69 Å². The van der Waals surface area contributed by atoms with Crippen molar-refractivity contribution in [2.75, 3.05) is 11.9 Å². The number of hydrazine groups is 1. The van der Waals surface area contributed by atoms with Crippen molar-refractivity contribution in [2.24, 2.45) is 0 Å². The van der Waals surface area contributed by atoms with Gasteiger partial charge in [0.2, 0.25) is 0 Å². The summed E-state index contributed by atoms with van der Waals surface area (Å²) in [6, 6.07) is 26.9. The Hall–Kier alpha value is -4.37. The monoisotopic (exact) mass is 470 g/mol. The number of thiocarbonyl (C=S) groups is 1. The largest absolute Gasteiger partial charge is 0.452 e. The number of aromatic nitrogens is 3. The molecule has 4 aromatic rings. The van der Waals surface area contributed by atoms with Gasteiger partial charge in [0.05, 0.1) is 0 Å². The van der Waals surface area contributed by atoms with E-state index in [0.29, 0.717) is 11.4 Å². The summed E-state index contributed by atoms with van der Waals surface area (Å²) in [4.78, 5) is 16.7. The van der Waals surface area contributed by atoms with Crippen molar-refractivity contribution in [3.8, 4) is 28.5 Å².